The summed E-state index contributed by atoms with van der Waals surface area (Å²) in [5, 5.41) is 4.30. The summed E-state index contributed by atoms with van der Waals surface area (Å²) in [6.07, 6.45) is 9.22. The fourth-order valence-corrected chi connectivity index (χ4v) is 3.57. The molecule has 88 valence electrons. The van der Waals surface area contributed by atoms with E-state index in [1.165, 1.54) is 37.7 Å². The maximum Gasteiger partial charge on any atom is 0.0901 e. The zero-order valence-electron chi connectivity index (χ0n) is 9.71. The third kappa shape index (κ3) is 3.17. The smallest absolute Gasteiger partial charge is 0.0901 e. The highest BCUT2D eigenvalue weighted by molar-refractivity contribution is 9.09. The zero-order valence-corrected chi connectivity index (χ0v) is 12.1. The van der Waals surface area contributed by atoms with Crippen LogP contribution < -0.4 is 0 Å². The van der Waals surface area contributed by atoms with Crippen LogP contribution in [0.25, 0.3) is 6.08 Å². The van der Waals surface area contributed by atoms with Crippen LogP contribution >= 0.6 is 27.3 Å². The molecular weight excluding hydrogens is 282 g/mol. The van der Waals surface area contributed by atoms with Gasteiger partial charge in [-0.2, -0.15) is 0 Å². The van der Waals surface area contributed by atoms with Gasteiger partial charge in [0.25, 0.3) is 0 Å². The van der Waals surface area contributed by atoms with Gasteiger partial charge in [0.05, 0.1) is 10.7 Å². The van der Waals surface area contributed by atoms with Crippen LogP contribution in [0.15, 0.2) is 11.0 Å². The summed E-state index contributed by atoms with van der Waals surface area (Å²) < 4.78 is 0. The van der Waals surface area contributed by atoms with Crippen molar-refractivity contribution in [2.24, 2.45) is 5.92 Å². The molecular formula is C13H18BrNS. The molecule has 0 unspecified atom stereocenters. The first kappa shape index (κ1) is 12.3. The van der Waals surface area contributed by atoms with Gasteiger partial charge >= 0.3 is 0 Å². The van der Waals surface area contributed by atoms with Crippen LogP contribution in [0.4, 0.5) is 0 Å². The van der Waals surface area contributed by atoms with Gasteiger partial charge in [-0.05, 0) is 31.8 Å². The topological polar surface area (TPSA) is 12.9 Å². The van der Waals surface area contributed by atoms with Crippen molar-refractivity contribution >= 4 is 33.3 Å². The van der Waals surface area contributed by atoms with Gasteiger partial charge in [-0.25, -0.2) is 4.98 Å². The van der Waals surface area contributed by atoms with Crippen LogP contribution in [-0.2, 0) is 0 Å². The highest BCUT2D eigenvalue weighted by Crippen LogP contribution is 2.31. The van der Waals surface area contributed by atoms with Gasteiger partial charge < -0.3 is 0 Å². The maximum atomic E-state index is 4.51. The van der Waals surface area contributed by atoms with Crippen LogP contribution in [0.2, 0.25) is 0 Å². The molecule has 3 heteroatoms. The molecule has 0 N–H and O–H groups in total. The molecule has 0 amide bonds. The first-order valence-electron chi connectivity index (χ1n) is 5.98. The third-order valence-corrected chi connectivity index (χ3v) is 4.69. The van der Waals surface area contributed by atoms with E-state index in [4.69, 9.17) is 0 Å². The number of aryl methyl sites for hydroxylation is 1. The number of thiazole rings is 1. The Morgan fingerprint density at radius 2 is 2.25 bits per heavy atom. The fraction of sp³-hybridized carbons (Fsp3) is 0.615. The van der Waals surface area contributed by atoms with E-state index in [1.807, 2.05) is 0 Å². The van der Waals surface area contributed by atoms with Gasteiger partial charge in [-0.1, -0.05) is 40.8 Å². The summed E-state index contributed by atoms with van der Waals surface area (Å²) >= 11 is 5.36. The lowest BCUT2D eigenvalue weighted by atomic mass is 9.84. The van der Waals surface area contributed by atoms with Gasteiger partial charge in [-0.15, -0.1) is 11.3 Å². The number of allylic oxidation sites excluding steroid dienone is 1. The number of nitrogens with zero attached hydrogens (tertiary/aromatic N) is 1. The molecule has 0 aromatic carbocycles. The minimum absolute atomic E-state index is 0.787. The summed E-state index contributed by atoms with van der Waals surface area (Å²) in [6, 6.07) is 0. The molecule has 0 bridgehead atoms. The summed E-state index contributed by atoms with van der Waals surface area (Å²) in [5.74, 6) is 0.787. The van der Waals surface area contributed by atoms with Crippen molar-refractivity contribution in [2.75, 3.05) is 5.33 Å². The van der Waals surface area contributed by atoms with Crippen LogP contribution in [0, 0.1) is 12.8 Å². The summed E-state index contributed by atoms with van der Waals surface area (Å²) in [7, 11) is 0. The predicted molar refractivity (Wildman–Crippen MR) is 75.2 cm³/mol. The van der Waals surface area contributed by atoms with Gasteiger partial charge in [-0.3, -0.25) is 0 Å². The molecule has 1 aromatic heterocycles. The lowest BCUT2D eigenvalue weighted by Gasteiger charge is -2.23. The third-order valence-electron chi connectivity index (χ3n) is 3.25. The van der Waals surface area contributed by atoms with E-state index in [0.29, 0.717) is 0 Å². The molecule has 1 aromatic rings. The van der Waals surface area contributed by atoms with E-state index in [1.54, 1.807) is 11.3 Å². The fourth-order valence-electron chi connectivity index (χ4n) is 2.38. The van der Waals surface area contributed by atoms with Crippen LogP contribution in [-0.4, -0.2) is 10.3 Å². The molecule has 0 saturated heterocycles. The van der Waals surface area contributed by atoms with Gasteiger partial charge in [0, 0.05) is 10.7 Å². The molecule has 1 aliphatic carbocycles. The molecule has 1 fully saturated rings. The second kappa shape index (κ2) is 5.97. The van der Waals surface area contributed by atoms with E-state index in [9.17, 15) is 0 Å². The summed E-state index contributed by atoms with van der Waals surface area (Å²) in [6.45, 7) is 2.07. The Hall–Kier alpha value is -0.150. The Morgan fingerprint density at radius 1 is 1.50 bits per heavy atom. The van der Waals surface area contributed by atoms with Crippen molar-refractivity contribution in [3.8, 4) is 0 Å². The maximum absolute atomic E-state index is 4.51. The molecule has 1 heterocycles. The number of alkyl halides is 1. The summed E-state index contributed by atoms with van der Waals surface area (Å²) in [4.78, 5) is 4.51. The monoisotopic (exact) mass is 299 g/mol. The Morgan fingerprint density at radius 3 is 2.81 bits per heavy atom. The number of hydrogen-bond acceptors (Lipinski definition) is 2. The van der Waals surface area contributed by atoms with Crippen molar-refractivity contribution in [1.29, 1.82) is 0 Å². The second-order valence-electron chi connectivity index (χ2n) is 4.48. The standard InChI is InChI=1S/C13H18BrNS/c1-10-15-13(9-16-10)7-12(8-14)11-5-3-2-4-6-11/h7,9,11H,2-6,8H2,1H3. The Kier molecular flexibility index (Phi) is 4.59. The average molecular weight is 300 g/mol. The minimum Gasteiger partial charge on any atom is -0.242 e. The zero-order chi connectivity index (χ0) is 11.4. The first-order valence-corrected chi connectivity index (χ1v) is 7.98. The molecule has 1 aliphatic rings. The number of hydrogen-bond donors (Lipinski definition) is 0. The molecule has 0 spiro atoms. The van der Waals surface area contributed by atoms with E-state index in [-0.39, 0.29) is 0 Å². The van der Waals surface area contributed by atoms with Crippen molar-refractivity contribution < 1.29 is 0 Å². The lowest BCUT2D eigenvalue weighted by Crippen LogP contribution is -2.10. The average Bonchev–Trinajstić information content (AvgIpc) is 2.73. The minimum atomic E-state index is 0.787. The van der Waals surface area contributed by atoms with Crippen LogP contribution in [0.5, 0.6) is 0 Å². The SMILES string of the molecule is Cc1nc(C=C(CBr)C2CCCCC2)cs1. The van der Waals surface area contributed by atoms with Crippen LogP contribution in [0.3, 0.4) is 0 Å². The molecule has 2 rings (SSSR count). The second-order valence-corrected chi connectivity index (χ2v) is 6.10. The quantitative estimate of drug-likeness (QED) is 0.730. The largest absolute Gasteiger partial charge is 0.242 e. The molecule has 1 saturated carbocycles. The Balaban J connectivity index is 2.11. The van der Waals surface area contributed by atoms with Gasteiger partial charge in [0.2, 0.25) is 0 Å². The highest BCUT2D eigenvalue weighted by Gasteiger charge is 2.17. The van der Waals surface area contributed by atoms with E-state index >= 15 is 0 Å². The van der Waals surface area contributed by atoms with Crippen LogP contribution in [0.1, 0.15) is 42.8 Å². The van der Waals surface area contributed by atoms with E-state index in [0.717, 1.165) is 21.9 Å². The van der Waals surface area contributed by atoms with E-state index < -0.39 is 0 Å². The number of aromatic nitrogens is 1. The lowest BCUT2D eigenvalue weighted by molar-refractivity contribution is 0.405. The van der Waals surface area contributed by atoms with Crippen molar-refractivity contribution in [2.45, 2.75) is 39.0 Å². The Bertz CT molecular complexity index is 364. The first-order chi connectivity index (χ1) is 7.79. The normalized spacial score (nSPS) is 19.0. The van der Waals surface area contributed by atoms with Gasteiger partial charge in [0.15, 0.2) is 0 Å². The van der Waals surface area contributed by atoms with Gasteiger partial charge in [0.1, 0.15) is 0 Å². The number of rotatable bonds is 3. The Labute approximate surface area is 110 Å². The van der Waals surface area contributed by atoms with E-state index in [2.05, 4.69) is 39.3 Å². The van der Waals surface area contributed by atoms with Crippen molar-refractivity contribution in [3.05, 3.63) is 21.7 Å². The molecule has 0 aliphatic heterocycles. The highest BCUT2D eigenvalue weighted by atomic mass is 79.9. The predicted octanol–water partition coefficient (Wildman–Crippen LogP) is 4.81. The van der Waals surface area contributed by atoms with Crippen molar-refractivity contribution in [1.82, 2.24) is 4.98 Å². The molecule has 0 atom stereocenters. The molecule has 16 heavy (non-hydrogen) atoms. The molecule has 1 nitrogen and oxygen atoms in total. The van der Waals surface area contributed by atoms with Crippen molar-refractivity contribution in [3.63, 3.8) is 0 Å². The summed E-state index contributed by atoms with van der Waals surface area (Å²) in [5.41, 5.74) is 2.67. The molecule has 0 radical (unpaired) electrons. The number of halogens is 1.